The van der Waals surface area contributed by atoms with Crippen LogP contribution in [-0.2, 0) is 13.6 Å². The van der Waals surface area contributed by atoms with E-state index in [4.69, 9.17) is 9.47 Å². The van der Waals surface area contributed by atoms with E-state index in [0.717, 1.165) is 29.2 Å². The Morgan fingerprint density at radius 3 is 2.34 bits per heavy atom. The van der Waals surface area contributed by atoms with Crippen LogP contribution in [-0.4, -0.2) is 14.2 Å². The van der Waals surface area contributed by atoms with E-state index in [2.05, 4.69) is 108 Å². The molecule has 5 heteroatoms. The summed E-state index contributed by atoms with van der Waals surface area (Å²) < 4.78 is 14.8. The van der Waals surface area contributed by atoms with Gasteiger partial charge in [-0.25, -0.2) is 0 Å². The third kappa shape index (κ3) is 4.35. The number of hydrogen-bond donors (Lipinski definition) is 0. The smallest absolute Gasteiger partial charge is 0.263 e. The van der Waals surface area contributed by atoms with Crippen LogP contribution in [0.5, 0.6) is 11.5 Å². The summed E-state index contributed by atoms with van der Waals surface area (Å²) in [4.78, 5) is 2.32. The molecule has 4 nitrogen and oxygen atoms in total. The fourth-order valence-corrected chi connectivity index (χ4v) is 6.22. The van der Waals surface area contributed by atoms with Gasteiger partial charge in [0.1, 0.15) is 23.2 Å². The average molecular weight is 518 g/mol. The molecular weight excluding hydrogens is 488 g/mol. The molecule has 0 unspecified atom stereocenters. The second kappa shape index (κ2) is 10.2. The molecule has 1 aromatic heterocycles. The standard InChI is InChI=1S/C33H29N2O2S/c1-34-28-17-16-25(33-29(36-2)14-9-15-30(33)37-3)20-31(28)38-32(34)21-24-18-19-35(22-23-10-5-4-6-11-23)27-13-8-7-12-26(24)27/h4-21H,22H2,1-3H3/q+1. The summed E-state index contributed by atoms with van der Waals surface area (Å²) in [5, 5.41) is 1.19. The highest BCUT2D eigenvalue weighted by Gasteiger charge is 2.21. The number of rotatable bonds is 6. The molecule has 0 amide bonds. The van der Waals surface area contributed by atoms with Crippen LogP contribution in [0.2, 0.25) is 0 Å². The van der Waals surface area contributed by atoms with Crippen molar-refractivity contribution in [2.24, 2.45) is 7.05 Å². The quantitative estimate of drug-likeness (QED) is 0.218. The van der Waals surface area contributed by atoms with Crippen LogP contribution in [0, 0.1) is 0 Å². The average Bonchev–Trinajstić information content (AvgIpc) is 3.28. The minimum absolute atomic E-state index is 0.802. The van der Waals surface area contributed by atoms with Crippen molar-refractivity contribution in [1.29, 1.82) is 0 Å². The van der Waals surface area contributed by atoms with Crippen molar-refractivity contribution in [2.45, 2.75) is 6.54 Å². The largest absolute Gasteiger partial charge is 0.496 e. The van der Waals surface area contributed by atoms with Gasteiger partial charge in [0, 0.05) is 36.1 Å². The molecule has 0 fully saturated rings. The Bertz CT molecular complexity index is 1660. The topological polar surface area (TPSA) is 25.6 Å². The first-order valence-corrected chi connectivity index (χ1v) is 13.4. The van der Waals surface area contributed by atoms with Crippen molar-refractivity contribution in [3.63, 3.8) is 0 Å². The lowest BCUT2D eigenvalue weighted by molar-refractivity contribution is -0.642. The van der Waals surface area contributed by atoms with Crippen molar-refractivity contribution in [2.75, 3.05) is 19.1 Å². The lowest BCUT2D eigenvalue weighted by atomic mass is 9.99. The van der Waals surface area contributed by atoms with Gasteiger partial charge in [-0.3, -0.25) is 0 Å². The molecule has 4 aromatic carbocycles. The molecule has 0 aliphatic carbocycles. The van der Waals surface area contributed by atoms with Crippen molar-refractivity contribution < 1.29 is 14.0 Å². The minimum atomic E-state index is 0.802. The van der Waals surface area contributed by atoms with Crippen LogP contribution in [0.25, 0.3) is 33.0 Å². The molecule has 0 spiro atoms. The molecule has 0 radical (unpaired) electrons. The van der Waals surface area contributed by atoms with Gasteiger partial charge in [0.2, 0.25) is 5.52 Å². The van der Waals surface area contributed by atoms with Crippen LogP contribution in [0.3, 0.4) is 0 Å². The number of fused-ring (bicyclic) bond motifs is 2. The van der Waals surface area contributed by atoms with Crippen molar-refractivity contribution in [1.82, 2.24) is 0 Å². The number of allylic oxidation sites excluding steroid dienone is 2. The summed E-state index contributed by atoms with van der Waals surface area (Å²) in [7, 11) is 5.53. The first kappa shape index (κ1) is 24.0. The minimum Gasteiger partial charge on any atom is -0.496 e. The zero-order chi connectivity index (χ0) is 26.1. The molecular formula is C33H29N2O2S+. The summed E-state index contributed by atoms with van der Waals surface area (Å²) >= 11 is 1.79. The Kier molecular flexibility index (Phi) is 6.44. The van der Waals surface area contributed by atoms with Crippen LogP contribution >= 0.6 is 11.3 Å². The summed E-state index contributed by atoms with van der Waals surface area (Å²) in [6.07, 6.45) is 6.71. The van der Waals surface area contributed by atoms with Crippen molar-refractivity contribution >= 4 is 38.9 Å². The number of hydrogen-bond acceptors (Lipinski definition) is 4. The fraction of sp³-hybridized carbons (Fsp3) is 0.121. The molecule has 1 aliphatic rings. The van der Waals surface area contributed by atoms with Gasteiger partial charge in [0.05, 0.1) is 19.8 Å². The molecule has 0 saturated carbocycles. The Hall–Kier alpha value is -4.35. The summed E-state index contributed by atoms with van der Waals surface area (Å²) in [5.41, 5.74) is 8.20. The second-order valence-electron chi connectivity index (χ2n) is 9.27. The predicted molar refractivity (Wildman–Crippen MR) is 158 cm³/mol. The SMILES string of the molecule is COc1cccc(OC)c1-c1ccc2c(c1)sc(C=C1C=CN(Cc3ccccc3)c3ccccc31)[n+]2C. The number of benzene rings is 4. The summed E-state index contributed by atoms with van der Waals surface area (Å²) in [6, 6.07) is 31.7. The predicted octanol–water partition coefficient (Wildman–Crippen LogP) is 7.48. The maximum atomic E-state index is 5.66. The number of aryl methyl sites for hydroxylation is 1. The molecule has 38 heavy (non-hydrogen) atoms. The maximum absolute atomic E-state index is 5.66. The van der Waals surface area contributed by atoms with Crippen molar-refractivity contribution in [3.8, 4) is 22.6 Å². The maximum Gasteiger partial charge on any atom is 0.263 e. The number of methoxy groups -OCH3 is 2. The summed E-state index contributed by atoms with van der Waals surface area (Å²) in [6.45, 7) is 0.841. The number of thiazole rings is 1. The van der Waals surface area contributed by atoms with Crippen LogP contribution in [0.15, 0.2) is 103 Å². The molecule has 0 saturated heterocycles. The van der Waals surface area contributed by atoms with Gasteiger partial charge in [0.15, 0.2) is 0 Å². The molecule has 2 heterocycles. The number of aromatic nitrogens is 1. The molecule has 0 bridgehead atoms. The van der Waals surface area contributed by atoms with E-state index >= 15 is 0 Å². The normalized spacial score (nSPS) is 13.7. The first-order valence-electron chi connectivity index (χ1n) is 12.6. The van der Waals surface area contributed by atoms with Gasteiger partial charge >= 0.3 is 0 Å². The summed E-state index contributed by atoms with van der Waals surface area (Å²) in [5.74, 6) is 1.60. The molecule has 5 aromatic rings. The van der Waals surface area contributed by atoms with Crippen LogP contribution in [0.4, 0.5) is 5.69 Å². The Labute approximate surface area is 227 Å². The third-order valence-corrected chi connectivity index (χ3v) is 8.16. The number of para-hydroxylation sites is 1. The zero-order valence-corrected chi connectivity index (χ0v) is 22.5. The van der Waals surface area contributed by atoms with E-state index in [1.807, 2.05) is 18.2 Å². The Balaban J connectivity index is 1.39. The third-order valence-electron chi connectivity index (χ3n) is 7.02. The van der Waals surface area contributed by atoms with Gasteiger partial charge in [0.25, 0.3) is 5.01 Å². The van der Waals surface area contributed by atoms with Gasteiger partial charge < -0.3 is 14.4 Å². The highest BCUT2D eigenvalue weighted by molar-refractivity contribution is 7.19. The number of anilines is 1. The number of ether oxygens (including phenoxy) is 2. The van der Waals surface area contributed by atoms with E-state index in [1.54, 1.807) is 25.6 Å². The molecule has 0 N–H and O–H groups in total. The second-order valence-corrected chi connectivity index (χ2v) is 10.3. The van der Waals surface area contributed by atoms with E-state index in [1.165, 1.54) is 37.6 Å². The van der Waals surface area contributed by atoms with Gasteiger partial charge in [-0.2, -0.15) is 4.57 Å². The van der Waals surface area contributed by atoms with E-state index in [0.29, 0.717) is 0 Å². The first-order chi connectivity index (χ1) is 18.7. The highest BCUT2D eigenvalue weighted by atomic mass is 32.1. The molecule has 0 atom stereocenters. The molecule has 6 rings (SSSR count). The van der Waals surface area contributed by atoms with E-state index in [-0.39, 0.29) is 0 Å². The van der Waals surface area contributed by atoms with Crippen LogP contribution < -0.4 is 18.9 Å². The van der Waals surface area contributed by atoms with Crippen molar-refractivity contribution in [3.05, 3.63) is 119 Å². The van der Waals surface area contributed by atoms with Gasteiger partial charge in [-0.1, -0.05) is 65.9 Å². The fourth-order valence-electron chi connectivity index (χ4n) is 5.08. The van der Waals surface area contributed by atoms with E-state index in [9.17, 15) is 0 Å². The Morgan fingerprint density at radius 2 is 1.58 bits per heavy atom. The van der Waals surface area contributed by atoms with Gasteiger partial charge in [-0.15, -0.1) is 0 Å². The monoisotopic (exact) mass is 517 g/mol. The lowest BCUT2D eigenvalue weighted by Crippen LogP contribution is -2.29. The molecule has 188 valence electrons. The van der Waals surface area contributed by atoms with E-state index < -0.39 is 0 Å². The number of nitrogens with zero attached hydrogens (tertiary/aromatic N) is 2. The lowest BCUT2D eigenvalue weighted by Gasteiger charge is -2.27. The Morgan fingerprint density at radius 1 is 0.842 bits per heavy atom. The van der Waals surface area contributed by atoms with Gasteiger partial charge in [-0.05, 0) is 53.1 Å². The highest BCUT2D eigenvalue weighted by Crippen LogP contribution is 2.40. The molecule has 1 aliphatic heterocycles. The zero-order valence-electron chi connectivity index (χ0n) is 21.7. The van der Waals surface area contributed by atoms with Crippen LogP contribution in [0.1, 0.15) is 16.1 Å².